The molecule has 0 spiro atoms. The van der Waals surface area contributed by atoms with Gasteiger partial charge in [0, 0.05) is 31.6 Å². The summed E-state index contributed by atoms with van der Waals surface area (Å²) >= 11 is 1.54. The van der Waals surface area contributed by atoms with E-state index in [1.165, 1.54) is 4.90 Å². The molecule has 1 fully saturated rings. The molecule has 0 radical (unpaired) electrons. The number of carbonyl (C=O) groups is 1. The first-order valence-corrected chi connectivity index (χ1v) is 7.32. The number of rotatable bonds is 4. The Kier molecular flexibility index (Phi) is 5.04. The first-order chi connectivity index (χ1) is 9.85. The molecule has 1 aliphatic heterocycles. The van der Waals surface area contributed by atoms with Gasteiger partial charge in [0.15, 0.2) is 5.13 Å². The van der Waals surface area contributed by atoms with E-state index in [2.05, 4.69) is 14.6 Å². The van der Waals surface area contributed by atoms with Gasteiger partial charge in [-0.25, -0.2) is 4.98 Å². The summed E-state index contributed by atoms with van der Waals surface area (Å²) in [6.45, 7) is 2.17. The second-order valence-corrected chi connectivity index (χ2v) is 5.58. The van der Waals surface area contributed by atoms with Crippen LogP contribution in [-0.4, -0.2) is 61.4 Å². The third kappa shape index (κ3) is 4.85. The van der Waals surface area contributed by atoms with Crippen LogP contribution in [0.4, 0.5) is 18.3 Å². The number of piperazine rings is 1. The number of carbonyl (C=O) groups excluding carboxylic acids is 1. The molecule has 118 valence electrons. The quantitative estimate of drug-likeness (QED) is 0.846. The Hall–Kier alpha value is -1.35. The van der Waals surface area contributed by atoms with Crippen molar-refractivity contribution in [1.29, 1.82) is 0 Å². The Bertz CT molecular complexity index is 484. The van der Waals surface area contributed by atoms with Crippen LogP contribution in [0.2, 0.25) is 0 Å². The normalized spacial score (nSPS) is 16.4. The maximum atomic E-state index is 11.9. The number of halogens is 3. The highest BCUT2D eigenvalue weighted by Crippen LogP contribution is 2.21. The molecule has 0 atom stereocenters. The van der Waals surface area contributed by atoms with E-state index in [1.807, 2.05) is 12.3 Å². The lowest BCUT2D eigenvalue weighted by atomic mass is 10.3. The third-order valence-electron chi connectivity index (χ3n) is 3.00. The minimum atomic E-state index is -4.40. The molecule has 0 bridgehead atoms. The van der Waals surface area contributed by atoms with Crippen LogP contribution in [0.3, 0.4) is 0 Å². The summed E-state index contributed by atoms with van der Waals surface area (Å²) in [6, 6.07) is 0. The van der Waals surface area contributed by atoms with Crippen LogP contribution in [0.25, 0.3) is 0 Å². The number of nitrogens with zero attached hydrogens (tertiary/aromatic N) is 3. The van der Waals surface area contributed by atoms with Gasteiger partial charge in [-0.2, -0.15) is 13.2 Å². The summed E-state index contributed by atoms with van der Waals surface area (Å²) in [5.74, 6) is -0.408. The van der Waals surface area contributed by atoms with E-state index < -0.39 is 25.3 Å². The minimum Gasteiger partial charge on any atom is -0.362 e. The average molecular weight is 323 g/mol. The molecule has 5 nitrogen and oxygen atoms in total. The number of hydrogen-bond donors (Lipinski definition) is 0. The molecule has 0 aliphatic carbocycles. The smallest absolute Gasteiger partial charge is 0.362 e. The molecule has 1 aromatic heterocycles. The number of alkyl halides is 3. The van der Waals surface area contributed by atoms with Gasteiger partial charge in [-0.3, -0.25) is 4.79 Å². The molecule has 0 aromatic carbocycles. The maximum Gasteiger partial charge on any atom is 0.411 e. The maximum absolute atomic E-state index is 11.9. The predicted molar refractivity (Wildman–Crippen MR) is 72.5 cm³/mol. The first kappa shape index (κ1) is 16.0. The topological polar surface area (TPSA) is 45.7 Å². The Morgan fingerprint density at radius 3 is 2.57 bits per heavy atom. The molecule has 2 heterocycles. The van der Waals surface area contributed by atoms with Crippen LogP contribution < -0.4 is 4.90 Å². The van der Waals surface area contributed by atoms with Crippen LogP contribution in [0.15, 0.2) is 5.38 Å². The first-order valence-electron chi connectivity index (χ1n) is 6.44. The number of amides is 1. The van der Waals surface area contributed by atoms with Crippen molar-refractivity contribution in [2.75, 3.05) is 44.3 Å². The summed E-state index contributed by atoms with van der Waals surface area (Å²) in [4.78, 5) is 19.7. The van der Waals surface area contributed by atoms with E-state index in [0.717, 1.165) is 10.8 Å². The minimum absolute atomic E-state index is 0.408. The van der Waals surface area contributed by atoms with Crippen molar-refractivity contribution in [3.63, 3.8) is 0 Å². The van der Waals surface area contributed by atoms with Crippen molar-refractivity contribution in [3.8, 4) is 0 Å². The van der Waals surface area contributed by atoms with E-state index in [0.29, 0.717) is 26.2 Å². The molecule has 1 saturated heterocycles. The summed E-state index contributed by atoms with van der Waals surface area (Å²) in [7, 11) is 0. The zero-order valence-electron chi connectivity index (χ0n) is 11.5. The number of anilines is 1. The fourth-order valence-electron chi connectivity index (χ4n) is 1.98. The monoisotopic (exact) mass is 323 g/mol. The highest BCUT2D eigenvalue weighted by Gasteiger charge is 2.29. The highest BCUT2D eigenvalue weighted by molar-refractivity contribution is 7.13. The SMILES string of the molecule is Cc1csc(N2CCN(C(=O)COCC(F)(F)F)CC2)n1. The number of ether oxygens (including phenoxy) is 1. The fraction of sp³-hybridized carbons (Fsp3) is 0.667. The Balaban J connectivity index is 1.74. The van der Waals surface area contributed by atoms with Crippen LogP contribution in [0, 0.1) is 6.92 Å². The number of hydrogen-bond acceptors (Lipinski definition) is 5. The van der Waals surface area contributed by atoms with E-state index >= 15 is 0 Å². The van der Waals surface area contributed by atoms with E-state index in [9.17, 15) is 18.0 Å². The molecule has 0 N–H and O–H groups in total. The van der Waals surface area contributed by atoms with Gasteiger partial charge in [-0.15, -0.1) is 11.3 Å². The Morgan fingerprint density at radius 2 is 2.05 bits per heavy atom. The van der Waals surface area contributed by atoms with Gasteiger partial charge >= 0.3 is 6.18 Å². The lowest BCUT2D eigenvalue weighted by molar-refractivity contribution is -0.177. The van der Waals surface area contributed by atoms with Crippen molar-refractivity contribution < 1.29 is 22.7 Å². The molecular weight excluding hydrogens is 307 g/mol. The second-order valence-electron chi connectivity index (χ2n) is 4.75. The Labute approximate surface area is 124 Å². The van der Waals surface area contributed by atoms with Crippen molar-refractivity contribution in [2.24, 2.45) is 0 Å². The van der Waals surface area contributed by atoms with E-state index in [4.69, 9.17) is 0 Å². The summed E-state index contributed by atoms with van der Waals surface area (Å²) in [5.41, 5.74) is 0.953. The predicted octanol–water partition coefficient (Wildman–Crippen LogP) is 1.68. The summed E-state index contributed by atoms with van der Waals surface area (Å²) < 4.78 is 40.2. The van der Waals surface area contributed by atoms with Crippen molar-refractivity contribution in [1.82, 2.24) is 9.88 Å². The molecule has 0 unspecified atom stereocenters. The highest BCUT2D eigenvalue weighted by atomic mass is 32.1. The van der Waals surface area contributed by atoms with Crippen molar-refractivity contribution in [3.05, 3.63) is 11.1 Å². The zero-order chi connectivity index (χ0) is 15.5. The summed E-state index contributed by atoms with van der Waals surface area (Å²) in [5, 5.41) is 2.87. The second kappa shape index (κ2) is 6.61. The largest absolute Gasteiger partial charge is 0.411 e. The molecule has 1 amide bonds. The lowest BCUT2D eigenvalue weighted by Crippen LogP contribution is -2.49. The molecule has 21 heavy (non-hydrogen) atoms. The van der Waals surface area contributed by atoms with Gasteiger partial charge in [0.25, 0.3) is 0 Å². The van der Waals surface area contributed by atoms with Crippen LogP contribution >= 0.6 is 11.3 Å². The van der Waals surface area contributed by atoms with Crippen molar-refractivity contribution >= 4 is 22.4 Å². The summed E-state index contributed by atoms with van der Waals surface area (Å²) in [6.07, 6.45) is -4.40. The van der Waals surface area contributed by atoms with Gasteiger partial charge in [-0.1, -0.05) is 0 Å². The number of aryl methyl sites for hydroxylation is 1. The third-order valence-corrected chi connectivity index (χ3v) is 4.02. The van der Waals surface area contributed by atoms with Crippen LogP contribution in [-0.2, 0) is 9.53 Å². The van der Waals surface area contributed by atoms with Crippen LogP contribution in [0.1, 0.15) is 5.69 Å². The zero-order valence-corrected chi connectivity index (χ0v) is 12.3. The van der Waals surface area contributed by atoms with Gasteiger partial charge in [0.2, 0.25) is 5.91 Å². The fourth-order valence-corrected chi connectivity index (χ4v) is 2.84. The number of thiazole rings is 1. The van der Waals surface area contributed by atoms with E-state index in [1.54, 1.807) is 11.3 Å². The van der Waals surface area contributed by atoms with Crippen molar-refractivity contribution in [2.45, 2.75) is 13.1 Å². The molecule has 1 aliphatic rings. The standard InChI is InChI=1S/C12H16F3N3O2S/c1-9-7-21-11(16-9)18-4-2-17(3-5-18)10(19)6-20-8-12(13,14)15/h7H,2-6,8H2,1H3. The van der Waals surface area contributed by atoms with Gasteiger partial charge in [0.1, 0.15) is 13.2 Å². The molecule has 0 saturated carbocycles. The average Bonchev–Trinajstić information content (AvgIpc) is 2.84. The van der Waals surface area contributed by atoms with Crippen LogP contribution in [0.5, 0.6) is 0 Å². The van der Waals surface area contributed by atoms with Gasteiger partial charge < -0.3 is 14.5 Å². The molecule has 2 rings (SSSR count). The van der Waals surface area contributed by atoms with Gasteiger partial charge in [-0.05, 0) is 6.92 Å². The Morgan fingerprint density at radius 1 is 1.38 bits per heavy atom. The molecule has 9 heteroatoms. The molecule has 1 aromatic rings. The number of aromatic nitrogens is 1. The van der Waals surface area contributed by atoms with E-state index in [-0.39, 0.29) is 0 Å². The molecular formula is C12H16F3N3O2S. The van der Waals surface area contributed by atoms with Gasteiger partial charge in [0.05, 0.1) is 5.69 Å². The lowest BCUT2D eigenvalue weighted by Gasteiger charge is -2.34.